The summed E-state index contributed by atoms with van der Waals surface area (Å²) in [4.78, 5) is 26.5. The van der Waals surface area contributed by atoms with E-state index in [1.165, 1.54) is 7.11 Å². The molecule has 1 aliphatic heterocycles. The van der Waals surface area contributed by atoms with E-state index in [2.05, 4.69) is 0 Å². The molecule has 0 bridgehead atoms. The molecule has 134 valence electrons. The fourth-order valence-corrected chi connectivity index (χ4v) is 3.64. The lowest BCUT2D eigenvalue weighted by atomic mass is 9.78. The van der Waals surface area contributed by atoms with Crippen molar-refractivity contribution in [3.05, 3.63) is 70.6 Å². The van der Waals surface area contributed by atoms with Crippen LogP contribution < -0.4 is 0 Å². The van der Waals surface area contributed by atoms with Gasteiger partial charge in [-0.2, -0.15) is 0 Å². The van der Waals surface area contributed by atoms with Crippen LogP contribution in [-0.4, -0.2) is 36.1 Å². The van der Waals surface area contributed by atoms with Crippen LogP contribution in [0.2, 0.25) is 0 Å². The number of carbonyl (C=O) groups is 2. The summed E-state index contributed by atoms with van der Waals surface area (Å²) in [5, 5.41) is 11.8. The van der Waals surface area contributed by atoms with Gasteiger partial charge in [-0.15, -0.1) is 0 Å². The average Bonchev–Trinajstić information content (AvgIpc) is 2.64. The summed E-state index contributed by atoms with van der Waals surface area (Å²) in [5.74, 6) is -2.25. The molecule has 26 heavy (non-hydrogen) atoms. The van der Waals surface area contributed by atoms with Crippen molar-refractivity contribution in [2.75, 3.05) is 14.2 Å². The molecule has 0 saturated carbocycles. The number of rotatable bonds is 3. The second kappa shape index (κ2) is 6.67. The number of allylic oxidation sites excluding steroid dienone is 2. The number of aliphatic carboxylic acids is 1. The molecule has 1 heterocycles. The Morgan fingerprint density at radius 3 is 2.27 bits per heavy atom. The molecule has 0 saturated heterocycles. The minimum Gasteiger partial charge on any atom is -0.478 e. The van der Waals surface area contributed by atoms with Crippen LogP contribution in [0.4, 0.5) is 0 Å². The van der Waals surface area contributed by atoms with Gasteiger partial charge in [-0.25, -0.2) is 9.59 Å². The fraction of sp³-hybridized carbons (Fsp3) is 0.238. The highest BCUT2D eigenvalue weighted by Crippen LogP contribution is 2.43. The summed E-state index contributed by atoms with van der Waals surface area (Å²) in [5.41, 5.74) is 2.63. The first kappa shape index (κ1) is 17.7. The largest absolute Gasteiger partial charge is 0.478 e. The van der Waals surface area contributed by atoms with Gasteiger partial charge in [0.15, 0.2) is 0 Å². The number of methoxy groups -OCH3 is 1. The predicted octanol–water partition coefficient (Wildman–Crippen LogP) is 3.67. The van der Waals surface area contributed by atoms with Crippen LogP contribution in [0.1, 0.15) is 25.3 Å². The molecule has 1 unspecified atom stereocenters. The van der Waals surface area contributed by atoms with Crippen molar-refractivity contribution >= 4 is 22.7 Å². The van der Waals surface area contributed by atoms with Crippen molar-refractivity contribution in [1.29, 1.82) is 0 Å². The number of carboxylic acids is 1. The molecule has 1 N–H and O–H groups in total. The van der Waals surface area contributed by atoms with Gasteiger partial charge in [0.05, 0.1) is 24.2 Å². The summed E-state index contributed by atoms with van der Waals surface area (Å²) >= 11 is 0. The normalized spacial score (nSPS) is 17.7. The third-order valence-corrected chi connectivity index (χ3v) is 5.13. The third-order valence-electron chi connectivity index (χ3n) is 5.13. The van der Waals surface area contributed by atoms with Gasteiger partial charge in [0.2, 0.25) is 0 Å². The fourth-order valence-electron chi connectivity index (χ4n) is 3.64. The monoisotopic (exact) mass is 351 g/mol. The van der Waals surface area contributed by atoms with E-state index < -0.39 is 17.9 Å². The summed E-state index contributed by atoms with van der Waals surface area (Å²) < 4.78 is 5.00. The first-order valence-electron chi connectivity index (χ1n) is 8.33. The molecule has 0 fully saturated rings. The van der Waals surface area contributed by atoms with E-state index in [9.17, 15) is 14.7 Å². The average molecular weight is 351 g/mol. The second-order valence-corrected chi connectivity index (χ2v) is 6.36. The zero-order valence-electron chi connectivity index (χ0n) is 15.2. The Labute approximate surface area is 152 Å². The van der Waals surface area contributed by atoms with E-state index in [4.69, 9.17) is 4.74 Å². The number of ether oxygens (including phenoxy) is 1. The maximum Gasteiger partial charge on any atom is 0.336 e. The van der Waals surface area contributed by atoms with Gasteiger partial charge in [-0.1, -0.05) is 42.5 Å². The van der Waals surface area contributed by atoms with Crippen molar-refractivity contribution in [3.8, 4) is 0 Å². The molecule has 0 spiro atoms. The molecule has 2 aromatic carbocycles. The highest BCUT2D eigenvalue weighted by atomic mass is 16.5. The Kier molecular flexibility index (Phi) is 4.55. The highest BCUT2D eigenvalue weighted by Gasteiger charge is 2.39. The van der Waals surface area contributed by atoms with Crippen LogP contribution in [0.3, 0.4) is 0 Å². The molecule has 0 aliphatic carbocycles. The summed E-state index contributed by atoms with van der Waals surface area (Å²) in [6, 6.07) is 13.5. The van der Waals surface area contributed by atoms with E-state index in [0.29, 0.717) is 17.0 Å². The number of hydrogen-bond donors (Lipinski definition) is 1. The van der Waals surface area contributed by atoms with Crippen LogP contribution in [0, 0.1) is 0 Å². The molecule has 0 radical (unpaired) electrons. The summed E-state index contributed by atoms with van der Waals surface area (Å²) in [7, 11) is 3.07. The van der Waals surface area contributed by atoms with E-state index in [-0.39, 0.29) is 5.57 Å². The Hall–Kier alpha value is -3.08. The van der Waals surface area contributed by atoms with E-state index in [0.717, 1.165) is 16.3 Å². The van der Waals surface area contributed by atoms with Gasteiger partial charge in [0, 0.05) is 18.4 Å². The smallest absolute Gasteiger partial charge is 0.336 e. The first-order chi connectivity index (χ1) is 12.4. The van der Waals surface area contributed by atoms with E-state index in [1.54, 1.807) is 18.9 Å². The molecule has 5 heteroatoms. The number of fused-ring (bicyclic) bond motifs is 1. The first-order valence-corrected chi connectivity index (χ1v) is 8.33. The SMILES string of the molecule is COC(=O)C1=C(C)N(C)C(C)=C(C(=O)O)C1c1cccc2ccccc12. The molecule has 5 nitrogen and oxygen atoms in total. The van der Waals surface area contributed by atoms with E-state index >= 15 is 0 Å². The van der Waals surface area contributed by atoms with Crippen molar-refractivity contribution in [2.45, 2.75) is 19.8 Å². The molecule has 2 aromatic rings. The number of hydrogen-bond acceptors (Lipinski definition) is 4. The molecule has 1 atom stereocenters. The number of carbonyl (C=O) groups excluding carboxylic acids is 1. The lowest BCUT2D eigenvalue weighted by molar-refractivity contribution is -0.136. The topological polar surface area (TPSA) is 66.8 Å². The van der Waals surface area contributed by atoms with Crippen LogP contribution in [0.25, 0.3) is 10.8 Å². The zero-order chi connectivity index (χ0) is 19.0. The van der Waals surface area contributed by atoms with E-state index in [1.807, 2.05) is 49.4 Å². The minimum atomic E-state index is -1.04. The second-order valence-electron chi connectivity index (χ2n) is 6.36. The van der Waals surface area contributed by atoms with Gasteiger partial charge in [-0.05, 0) is 30.2 Å². The number of nitrogens with zero attached hydrogens (tertiary/aromatic N) is 1. The molecular weight excluding hydrogens is 330 g/mol. The summed E-state index contributed by atoms with van der Waals surface area (Å²) in [6.45, 7) is 3.58. The number of esters is 1. The Morgan fingerprint density at radius 2 is 1.62 bits per heavy atom. The van der Waals surface area contributed by atoms with Crippen LogP contribution in [0.15, 0.2) is 65.0 Å². The molecule has 0 amide bonds. The van der Waals surface area contributed by atoms with Gasteiger partial charge in [0.25, 0.3) is 0 Å². The van der Waals surface area contributed by atoms with Crippen LogP contribution >= 0.6 is 0 Å². The lowest BCUT2D eigenvalue weighted by Gasteiger charge is -2.35. The number of benzene rings is 2. The predicted molar refractivity (Wildman–Crippen MR) is 99.5 cm³/mol. The highest BCUT2D eigenvalue weighted by molar-refractivity contribution is 6.01. The number of carboxylic acid groups (broad SMARTS) is 1. The maximum absolute atomic E-state index is 12.6. The van der Waals surface area contributed by atoms with Crippen molar-refractivity contribution in [1.82, 2.24) is 4.90 Å². The molecule has 1 aliphatic rings. The van der Waals surface area contributed by atoms with Crippen molar-refractivity contribution < 1.29 is 19.4 Å². The van der Waals surface area contributed by atoms with Crippen molar-refractivity contribution in [3.63, 3.8) is 0 Å². The molecule has 0 aromatic heterocycles. The summed E-state index contributed by atoms with van der Waals surface area (Å²) in [6.07, 6.45) is 0. The van der Waals surface area contributed by atoms with Crippen molar-refractivity contribution in [2.24, 2.45) is 0 Å². The zero-order valence-corrected chi connectivity index (χ0v) is 15.2. The molecular formula is C21H21NO4. The Bertz CT molecular complexity index is 966. The Morgan fingerprint density at radius 1 is 1.00 bits per heavy atom. The Balaban J connectivity index is 2.38. The molecule has 3 rings (SSSR count). The lowest BCUT2D eigenvalue weighted by Crippen LogP contribution is -2.32. The third kappa shape index (κ3) is 2.65. The van der Waals surface area contributed by atoms with Crippen LogP contribution in [0.5, 0.6) is 0 Å². The van der Waals surface area contributed by atoms with Gasteiger partial charge >= 0.3 is 11.9 Å². The minimum absolute atomic E-state index is 0.190. The van der Waals surface area contributed by atoms with Gasteiger partial charge in [-0.3, -0.25) is 0 Å². The van der Waals surface area contributed by atoms with Crippen LogP contribution in [-0.2, 0) is 14.3 Å². The van der Waals surface area contributed by atoms with Gasteiger partial charge in [0.1, 0.15) is 0 Å². The standard InChI is InChI=1S/C21H21NO4/c1-12-17(20(23)24)19(18(21(25)26-4)13(2)22(12)3)16-11-7-9-14-8-5-6-10-15(14)16/h5-11,19H,1-4H3,(H,23,24). The van der Waals surface area contributed by atoms with Gasteiger partial charge < -0.3 is 14.7 Å². The maximum atomic E-state index is 12.6. The quantitative estimate of drug-likeness (QED) is 0.855.